The van der Waals surface area contributed by atoms with E-state index < -0.39 is 12.2 Å². The molecule has 1 aliphatic rings. The first-order chi connectivity index (χ1) is 17.6. The number of aromatic nitrogens is 1. The van der Waals surface area contributed by atoms with Gasteiger partial charge in [-0.05, 0) is 35.2 Å². The summed E-state index contributed by atoms with van der Waals surface area (Å²) < 4.78 is 5.52. The molecule has 6 nitrogen and oxygen atoms in total. The molecule has 1 saturated heterocycles. The van der Waals surface area contributed by atoms with Gasteiger partial charge in [-0.2, -0.15) is 0 Å². The van der Waals surface area contributed by atoms with Gasteiger partial charge in [-0.25, -0.2) is 4.79 Å². The number of aromatic amines is 1. The van der Waals surface area contributed by atoms with Crippen LogP contribution in [0.1, 0.15) is 16.7 Å². The van der Waals surface area contributed by atoms with Gasteiger partial charge in [0.15, 0.2) is 0 Å². The van der Waals surface area contributed by atoms with Gasteiger partial charge in [-0.3, -0.25) is 4.90 Å². The zero-order chi connectivity index (χ0) is 24.9. The molecule has 0 bridgehead atoms. The Morgan fingerprint density at radius 3 is 2.58 bits per heavy atom. The van der Waals surface area contributed by atoms with E-state index in [1.54, 1.807) is 4.90 Å². The fraction of sp³-hybridized carbons (Fsp3) is 0.276. The van der Waals surface area contributed by atoms with Crippen molar-refractivity contribution in [1.29, 1.82) is 0 Å². The molecule has 4 aromatic rings. The predicted molar refractivity (Wildman–Crippen MR) is 142 cm³/mol. The minimum atomic E-state index is -0.681. The number of hydrogen-bond donors (Lipinski definition) is 2. The summed E-state index contributed by atoms with van der Waals surface area (Å²) in [5.74, 6) is 0. The standard InChI is InChI=1S/C29H30ClN3O3/c30-25-12-6-4-10-23(25)17-32(15-14-22-16-31-26-13-7-5-11-24(22)26)27-18-33(19-28(27)34)29(35)36-20-21-8-2-1-3-9-21/h1-13,16,27-28,31,34H,14-15,17-20H2/t27-,28-/m0/s1. The summed E-state index contributed by atoms with van der Waals surface area (Å²) in [5, 5.41) is 12.9. The van der Waals surface area contributed by atoms with Crippen molar-refractivity contribution >= 4 is 28.6 Å². The number of hydrogen-bond acceptors (Lipinski definition) is 4. The van der Waals surface area contributed by atoms with Crippen LogP contribution in [-0.2, 0) is 24.3 Å². The minimum absolute atomic E-state index is 0.209. The van der Waals surface area contributed by atoms with E-state index in [9.17, 15) is 9.90 Å². The SMILES string of the molecule is O=C(OCc1ccccc1)N1C[C@H](O)[C@@H](N(CCc2c[nH]c3ccccc23)Cc2ccccc2Cl)C1. The van der Waals surface area contributed by atoms with Gasteiger partial charge in [0.25, 0.3) is 0 Å². The highest BCUT2D eigenvalue weighted by Gasteiger charge is 2.38. The molecular weight excluding hydrogens is 474 g/mol. The van der Waals surface area contributed by atoms with Crippen molar-refractivity contribution < 1.29 is 14.6 Å². The number of para-hydroxylation sites is 1. The van der Waals surface area contributed by atoms with Gasteiger partial charge >= 0.3 is 6.09 Å². The Labute approximate surface area is 216 Å². The van der Waals surface area contributed by atoms with E-state index in [0.29, 0.717) is 24.7 Å². The number of aliphatic hydroxyl groups excluding tert-OH is 1. The first-order valence-electron chi connectivity index (χ1n) is 12.2. The quantitative estimate of drug-likeness (QED) is 0.344. The second-order valence-electron chi connectivity index (χ2n) is 9.25. The molecule has 0 unspecified atom stereocenters. The number of β-amino-alcohol motifs (C(OH)–C–C–N with tert-alkyl or cyclic N) is 1. The lowest BCUT2D eigenvalue weighted by Crippen LogP contribution is -2.44. The van der Waals surface area contributed by atoms with Crippen molar-refractivity contribution in [2.24, 2.45) is 0 Å². The fourth-order valence-electron chi connectivity index (χ4n) is 4.90. The average molecular weight is 504 g/mol. The first-order valence-corrected chi connectivity index (χ1v) is 12.6. The summed E-state index contributed by atoms with van der Waals surface area (Å²) >= 11 is 6.49. The number of benzene rings is 3. The zero-order valence-electron chi connectivity index (χ0n) is 20.0. The molecule has 3 aromatic carbocycles. The minimum Gasteiger partial charge on any atom is -0.445 e. The van der Waals surface area contributed by atoms with E-state index in [0.717, 1.165) is 23.1 Å². The van der Waals surface area contributed by atoms with Crippen molar-refractivity contribution in [1.82, 2.24) is 14.8 Å². The molecule has 186 valence electrons. The molecule has 0 spiro atoms. The lowest BCUT2D eigenvalue weighted by Gasteiger charge is -2.31. The van der Waals surface area contributed by atoms with Crippen LogP contribution < -0.4 is 0 Å². The number of amides is 1. The highest BCUT2D eigenvalue weighted by Crippen LogP contribution is 2.25. The molecule has 2 heterocycles. The number of nitrogens with zero attached hydrogens (tertiary/aromatic N) is 2. The number of carbonyl (C=O) groups excluding carboxylic acids is 1. The molecule has 1 fully saturated rings. The van der Waals surface area contributed by atoms with Crippen LogP contribution in [0.15, 0.2) is 85.1 Å². The van der Waals surface area contributed by atoms with Crippen molar-refractivity contribution in [3.63, 3.8) is 0 Å². The molecule has 7 heteroatoms. The van der Waals surface area contributed by atoms with Gasteiger partial charge in [0, 0.05) is 41.8 Å². The summed E-state index contributed by atoms with van der Waals surface area (Å²) in [4.78, 5) is 20.0. The Morgan fingerprint density at radius 2 is 1.75 bits per heavy atom. The third-order valence-corrected chi connectivity index (χ3v) is 7.23. The molecule has 0 aliphatic carbocycles. The van der Waals surface area contributed by atoms with Crippen LogP contribution in [0.3, 0.4) is 0 Å². The van der Waals surface area contributed by atoms with E-state index in [2.05, 4.69) is 28.2 Å². The number of nitrogens with one attached hydrogen (secondary N) is 1. The Hall–Kier alpha value is -3.32. The molecule has 0 saturated carbocycles. The smallest absolute Gasteiger partial charge is 0.410 e. The summed E-state index contributed by atoms with van der Waals surface area (Å²) in [6.07, 6.45) is 1.77. The number of halogens is 1. The number of ether oxygens (including phenoxy) is 1. The van der Waals surface area contributed by atoms with Gasteiger partial charge in [0.2, 0.25) is 0 Å². The Kier molecular flexibility index (Phi) is 7.56. The number of likely N-dealkylation sites (tertiary alicyclic amines) is 1. The maximum absolute atomic E-state index is 12.8. The molecule has 5 rings (SSSR count). The van der Waals surface area contributed by atoms with Crippen LogP contribution in [0.4, 0.5) is 4.79 Å². The van der Waals surface area contributed by atoms with Crippen LogP contribution in [0.5, 0.6) is 0 Å². The monoisotopic (exact) mass is 503 g/mol. The normalized spacial score (nSPS) is 17.7. The molecule has 2 atom stereocenters. The number of fused-ring (bicyclic) bond motifs is 1. The van der Waals surface area contributed by atoms with Crippen LogP contribution in [0.25, 0.3) is 10.9 Å². The lowest BCUT2D eigenvalue weighted by atomic mass is 10.1. The van der Waals surface area contributed by atoms with Gasteiger partial charge in [0.1, 0.15) is 6.61 Å². The average Bonchev–Trinajstić information content (AvgIpc) is 3.50. The largest absolute Gasteiger partial charge is 0.445 e. The van der Waals surface area contributed by atoms with E-state index >= 15 is 0 Å². The highest BCUT2D eigenvalue weighted by molar-refractivity contribution is 6.31. The van der Waals surface area contributed by atoms with Crippen molar-refractivity contribution in [3.8, 4) is 0 Å². The second kappa shape index (κ2) is 11.2. The van der Waals surface area contributed by atoms with Gasteiger partial charge in [-0.15, -0.1) is 0 Å². The van der Waals surface area contributed by atoms with Crippen molar-refractivity contribution in [2.45, 2.75) is 31.7 Å². The summed E-state index contributed by atoms with van der Waals surface area (Å²) in [5.41, 5.74) is 4.26. The fourth-order valence-corrected chi connectivity index (χ4v) is 5.09. The molecule has 36 heavy (non-hydrogen) atoms. The van der Waals surface area contributed by atoms with E-state index in [1.807, 2.05) is 66.7 Å². The van der Waals surface area contributed by atoms with Crippen molar-refractivity contribution in [3.05, 3.63) is 107 Å². The van der Waals surface area contributed by atoms with Crippen LogP contribution in [0, 0.1) is 0 Å². The molecule has 0 radical (unpaired) electrons. The van der Waals surface area contributed by atoms with E-state index in [4.69, 9.17) is 16.3 Å². The van der Waals surface area contributed by atoms with Crippen molar-refractivity contribution in [2.75, 3.05) is 19.6 Å². The topological polar surface area (TPSA) is 68.8 Å². The molecular formula is C29H30ClN3O3. The maximum atomic E-state index is 12.8. The third kappa shape index (κ3) is 5.57. The Balaban J connectivity index is 1.30. The summed E-state index contributed by atoms with van der Waals surface area (Å²) in [6.45, 7) is 2.14. The molecule has 1 aliphatic heterocycles. The zero-order valence-corrected chi connectivity index (χ0v) is 20.8. The van der Waals surface area contributed by atoms with Gasteiger partial charge in [-0.1, -0.05) is 78.3 Å². The number of H-pyrrole nitrogens is 1. The second-order valence-corrected chi connectivity index (χ2v) is 9.66. The first kappa shape index (κ1) is 24.4. The Bertz CT molecular complexity index is 1310. The van der Waals surface area contributed by atoms with Crippen LogP contribution >= 0.6 is 11.6 Å². The van der Waals surface area contributed by atoms with Gasteiger partial charge < -0.3 is 19.7 Å². The maximum Gasteiger partial charge on any atom is 0.410 e. The summed E-state index contributed by atoms with van der Waals surface area (Å²) in [6, 6.07) is 25.4. The number of carbonyl (C=O) groups is 1. The van der Waals surface area contributed by atoms with E-state index in [-0.39, 0.29) is 19.2 Å². The van der Waals surface area contributed by atoms with Gasteiger partial charge in [0.05, 0.1) is 18.7 Å². The third-order valence-electron chi connectivity index (χ3n) is 6.87. The number of aliphatic hydroxyl groups is 1. The van der Waals surface area contributed by atoms with E-state index in [1.165, 1.54) is 10.9 Å². The number of rotatable bonds is 8. The highest BCUT2D eigenvalue weighted by atomic mass is 35.5. The molecule has 2 N–H and O–H groups in total. The molecule has 1 aromatic heterocycles. The predicted octanol–water partition coefficient (Wildman–Crippen LogP) is 5.25. The van der Waals surface area contributed by atoms with Crippen LogP contribution in [-0.4, -0.2) is 57.8 Å². The Morgan fingerprint density at radius 1 is 1.00 bits per heavy atom. The molecule has 1 amide bonds. The summed E-state index contributed by atoms with van der Waals surface area (Å²) in [7, 11) is 0. The van der Waals surface area contributed by atoms with Crippen LogP contribution in [0.2, 0.25) is 5.02 Å². The lowest BCUT2D eigenvalue weighted by molar-refractivity contribution is 0.0783.